The van der Waals surface area contributed by atoms with Crippen molar-refractivity contribution < 1.29 is 24.2 Å². The molecule has 2 unspecified atom stereocenters. The Kier molecular flexibility index (Phi) is 5.63. The number of aliphatic carboxylic acids is 1. The van der Waals surface area contributed by atoms with Crippen LogP contribution in [0.1, 0.15) is 23.2 Å². The van der Waals surface area contributed by atoms with Crippen molar-refractivity contribution in [2.45, 2.75) is 18.9 Å². The molecule has 26 heavy (non-hydrogen) atoms. The Labute approximate surface area is 155 Å². The van der Waals surface area contributed by atoms with Crippen LogP contribution in [0.2, 0.25) is 5.02 Å². The minimum Gasteiger partial charge on any atom is -0.480 e. The lowest BCUT2D eigenvalue weighted by molar-refractivity contribution is -0.142. The predicted octanol–water partition coefficient (Wildman–Crippen LogP) is 1.48. The van der Waals surface area contributed by atoms with E-state index in [0.29, 0.717) is 38.4 Å². The number of amides is 3. The highest BCUT2D eigenvalue weighted by Crippen LogP contribution is 2.25. The van der Waals surface area contributed by atoms with Crippen LogP contribution in [0, 0.1) is 5.92 Å². The Bertz CT molecular complexity index is 720. The molecule has 0 aromatic heterocycles. The molecule has 140 valence electrons. The monoisotopic (exact) mass is 381 g/mol. The van der Waals surface area contributed by atoms with Crippen LogP contribution in [0.15, 0.2) is 18.2 Å². The summed E-state index contributed by atoms with van der Waals surface area (Å²) in [6, 6.07) is 3.36. The molecule has 2 atom stereocenters. The maximum atomic E-state index is 12.7. The topological polar surface area (TPSA) is 108 Å². The van der Waals surface area contributed by atoms with Gasteiger partial charge in [0.05, 0.1) is 17.2 Å². The largest absolute Gasteiger partial charge is 0.480 e. The van der Waals surface area contributed by atoms with Crippen molar-refractivity contribution in [3.05, 3.63) is 28.8 Å². The molecule has 9 heteroatoms. The number of carbonyl (C=O) groups excluding carboxylic acids is 2. The summed E-state index contributed by atoms with van der Waals surface area (Å²) < 4.78 is 5.33. The van der Waals surface area contributed by atoms with Crippen LogP contribution < -0.4 is 15.5 Å². The van der Waals surface area contributed by atoms with Crippen molar-refractivity contribution in [1.82, 2.24) is 10.6 Å². The molecule has 0 radical (unpaired) electrons. The second-order valence-corrected chi connectivity index (χ2v) is 6.72. The summed E-state index contributed by atoms with van der Waals surface area (Å²) in [5.41, 5.74) is 0.661. The average Bonchev–Trinajstić information content (AvgIpc) is 3.06. The third kappa shape index (κ3) is 3.91. The summed E-state index contributed by atoms with van der Waals surface area (Å²) in [7, 11) is 0. The number of urea groups is 1. The molecular formula is C17H20ClN3O5. The minimum absolute atomic E-state index is 0.131. The van der Waals surface area contributed by atoms with Gasteiger partial charge in [0.25, 0.3) is 5.91 Å². The maximum Gasteiger partial charge on any atom is 0.326 e. The number of carboxylic acids is 1. The average molecular weight is 382 g/mol. The van der Waals surface area contributed by atoms with Crippen molar-refractivity contribution in [3.8, 4) is 0 Å². The van der Waals surface area contributed by atoms with Gasteiger partial charge in [-0.1, -0.05) is 11.6 Å². The van der Waals surface area contributed by atoms with E-state index in [9.17, 15) is 19.5 Å². The number of carbonyl (C=O) groups is 3. The fraction of sp³-hybridized carbons (Fsp3) is 0.471. The molecule has 3 N–H and O–H groups in total. The third-order valence-electron chi connectivity index (χ3n) is 4.58. The Hall–Kier alpha value is -2.32. The van der Waals surface area contributed by atoms with Gasteiger partial charge in [-0.15, -0.1) is 0 Å². The number of carboxylic acid groups (broad SMARTS) is 1. The standard InChI is InChI=1S/C17H20ClN3O5/c18-13-4-3-11(21-6-5-19-17(21)25)8-12(13)15(22)20-14(16(23)24)10-2-1-7-26-9-10/h3-4,8,10,14H,1-2,5-7,9H2,(H,19,25)(H,20,22)(H,23,24). The van der Waals surface area contributed by atoms with Crippen LogP contribution in [0.5, 0.6) is 0 Å². The van der Waals surface area contributed by atoms with Gasteiger partial charge < -0.3 is 20.5 Å². The molecule has 0 bridgehead atoms. The first-order valence-electron chi connectivity index (χ1n) is 8.43. The van der Waals surface area contributed by atoms with E-state index >= 15 is 0 Å². The number of anilines is 1. The van der Waals surface area contributed by atoms with E-state index in [2.05, 4.69) is 10.6 Å². The van der Waals surface area contributed by atoms with Crippen LogP contribution in [-0.4, -0.2) is 55.4 Å². The first-order chi connectivity index (χ1) is 12.5. The molecule has 3 amide bonds. The van der Waals surface area contributed by atoms with E-state index in [0.717, 1.165) is 6.42 Å². The minimum atomic E-state index is -1.11. The van der Waals surface area contributed by atoms with Gasteiger partial charge in [-0.05, 0) is 31.0 Å². The summed E-state index contributed by atoms with van der Waals surface area (Å²) in [6.45, 7) is 1.89. The smallest absolute Gasteiger partial charge is 0.326 e. The Morgan fingerprint density at radius 3 is 2.85 bits per heavy atom. The molecular weight excluding hydrogens is 362 g/mol. The number of nitrogens with zero attached hydrogens (tertiary/aromatic N) is 1. The molecule has 2 fully saturated rings. The molecule has 0 saturated carbocycles. The quantitative estimate of drug-likeness (QED) is 0.716. The molecule has 2 saturated heterocycles. The van der Waals surface area contributed by atoms with Gasteiger partial charge in [0.1, 0.15) is 6.04 Å². The summed E-state index contributed by atoms with van der Waals surface area (Å²) in [5, 5.41) is 14.9. The maximum absolute atomic E-state index is 12.7. The van der Waals surface area contributed by atoms with Crippen molar-refractivity contribution in [2.75, 3.05) is 31.2 Å². The van der Waals surface area contributed by atoms with Gasteiger partial charge in [-0.2, -0.15) is 0 Å². The fourth-order valence-electron chi connectivity index (χ4n) is 3.20. The second-order valence-electron chi connectivity index (χ2n) is 6.31. The van der Waals surface area contributed by atoms with Crippen molar-refractivity contribution in [1.29, 1.82) is 0 Å². The summed E-state index contributed by atoms with van der Waals surface area (Å²) in [4.78, 5) is 37.6. The zero-order chi connectivity index (χ0) is 18.7. The van der Waals surface area contributed by atoms with E-state index in [1.807, 2.05) is 0 Å². The van der Waals surface area contributed by atoms with E-state index in [1.165, 1.54) is 17.0 Å². The molecule has 0 aliphatic carbocycles. The van der Waals surface area contributed by atoms with Crippen molar-refractivity contribution >= 4 is 35.2 Å². The van der Waals surface area contributed by atoms with Gasteiger partial charge in [-0.25, -0.2) is 9.59 Å². The molecule has 1 aromatic rings. The van der Waals surface area contributed by atoms with Crippen LogP contribution in [0.25, 0.3) is 0 Å². The van der Waals surface area contributed by atoms with Crippen molar-refractivity contribution in [2.24, 2.45) is 5.92 Å². The second kappa shape index (κ2) is 7.92. The zero-order valence-electron chi connectivity index (χ0n) is 14.0. The number of hydrogen-bond acceptors (Lipinski definition) is 4. The van der Waals surface area contributed by atoms with E-state index in [4.69, 9.17) is 16.3 Å². The van der Waals surface area contributed by atoms with Crippen LogP contribution >= 0.6 is 11.6 Å². The van der Waals surface area contributed by atoms with Gasteiger partial charge in [-0.3, -0.25) is 9.69 Å². The predicted molar refractivity (Wildman–Crippen MR) is 94.6 cm³/mol. The first-order valence-corrected chi connectivity index (χ1v) is 8.81. The number of ether oxygens (including phenoxy) is 1. The Morgan fingerprint density at radius 1 is 1.42 bits per heavy atom. The van der Waals surface area contributed by atoms with Gasteiger partial charge >= 0.3 is 12.0 Å². The molecule has 2 aliphatic rings. The van der Waals surface area contributed by atoms with Gasteiger partial charge in [0.15, 0.2) is 0 Å². The highest BCUT2D eigenvalue weighted by molar-refractivity contribution is 6.34. The lowest BCUT2D eigenvalue weighted by Gasteiger charge is -2.28. The Morgan fingerprint density at radius 2 is 2.23 bits per heavy atom. The number of benzene rings is 1. The van der Waals surface area contributed by atoms with Crippen LogP contribution in [0.4, 0.5) is 10.5 Å². The molecule has 2 aliphatic heterocycles. The highest BCUT2D eigenvalue weighted by atomic mass is 35.5. The number of halogens is 1. The zero-order valence-corrected chi connectivity index (χ0v) is 14.8. The lowest BCUT2D eigenvalue weighted by atomic mass is 9.93. The van der Waals surface area contributed by atoms with E-state index < -0.39 is 17.9 Å². The van der Waals surface area contributed by atoms with E-state index in [-0.39, 0.29) is 22.5 Å². The van der Waals surface area contributed by atoms with Crippen molar-refractivity contribution in [3.63, 3.8) is 0 Å². The number of rotatable bonds is 5. The summed E-state index contributed by atoms with van der Waals surface area (Å²) >= 11 is 6.13. The SMILES string of the molecule is O=C(NC(C(=O)O)C1CCCOC1)c1cc(N2CCNC2=O)ccc1Cl. The molecule has 1 aromatic carbocycles. The third-order valence-corrected chi connectivity index (χ3v) is 4.91. The molecule has 3 rings (SSSR count). The van der Waals surface area contributed by atoms with Crippen LogP contribution in [-0.2, 0) is 9.53 Å². The van der Waals surface area contributed by atoms with E-state index in [1.54, 1.807) is 6.07 Å². The molecule has 8 nitrogen and oxygen atoms in total. The normalized spacial score (nSPS) is 21.2. The first kappa shape index (κ1) is 18.5. The van der Waals surface area contributed by atoms with Gasteiger partial charge in [0.2, 0.25) is 0 Å². The van der Waals surface area contributed by atoms with Crippen LogP contribution in [0.3, 0.4) is 0 Å². The summed E-state index contributed by atoms with van der Waals surface area (Å²) in [6.07, 6.45) is 1.42. The number of hydrogen-bond donors (Lipinski definition) is 3. The Balaban J connectivity index is 1.79. The lowest BCUT2D eigenvalue weighted by Crippen LogP contribution is -2.48. The molecule has 0 spiro atoms. The number of nitrogens with one attached hydrogen (secondary N) is 2. The highest BCUT2D eigenvalue weighted by Gasteiger charge is 2.32. The summed E-state index contributed by atoms with van der Waals surface area (Å²) in [5.74, 6) is -1.99. The fourth-order valence-corrected chi connectivity index (χ4v) is 3.41. The molecule has 2 heterocycles. The van der Waals surface area contributed by atoms with Gasteiger partial charge in [0, 0.05) is 31.3 Å².